The fourth-order valence-corrected chi connectivity index (χ4v) is 4.01. The number of hydrogen-bond acceptors (Lipinski definition) is 3. The number of anilines is 2. The van der Waals surface area contributed by atoms with E-state index >= 15 is 0 Å². The van der Waals surface area contributed by atoms with E-state index in [1.165, 1.54) is 0 Å². The molecule has 8 nitrogen and oxygen atoms in total. The van der Waals surface area contributed by atoms with Gasteiger partial charge in [0, 0.05) is 31.7 Å². The molecule has 32 heavy (non-hydrogen) atoms. The van der Waals surface area contributed by atoms with E-state index in [4.69, 9.17) is 0 Å². The second-order valence-electron chi connectivity index (χ2n) is 7.98. The van der Waals surface area contributed by atoms with Crippen molar-refractivity contribution in [1.29, 1.82) is 0 Å². The predicted octanol–water partition coefficient (Wildman–Crippen LogP) is 3.37. The van der Waals surface area contributed by atoms with E-state index in [0.717, 1.165) is 11.4 Å². The number of nitrogens with one attached hydrogen (secondary N) is 2. The van der Waals surface area contributed by atoms with Crippen molar-refractivity contribution in [3.05, 3.63) is 76.7 Å². The molecule has 0 atom stereocenters. The Hall–Kier alpha value is -3.81. The average molecular weight is 434 g/mol. The van der Waals surface area contributed by atoms with E-state index in [0.29, 0.717) is 37.3 Å². The van der Waals surface area contributed by atoms with Gasteiger partial charge in [-0.25, -0.2) is 9.48 Å². The lowest BCUT2D eigenvalue weighted by Gasteiger charge is -2.31. The molecule has 3 amide bonds. The van der Waals surface area contributed by atoms with Crippen LogP contribution in [0.3, 0.4) is 0 Å². The van der Waals surface area contributed by atoms with Gasteiger partial charge in [0.2, 0.25) is 5.91 Å². The SMILES string of the molecule is Cc1c(NC(=O)C2CCN(C(=O)Nc3ccccc3)CC2)c(=O)n(-c2ccccc2)n1C. The maximum absolute atomic E-state index is 13.0. The van der Waals surface area contributed by atoms with Gasteiger partial charge >= 0.3 is 6.03 Å². The highest BCUT2D eigenvalue weighted by atomic mass is 16.2. The fourth-order valence-electron chi connectivity index (χ4n) is 4.01. The summed E-state index contributed by atoms with van der Waals surface area (Å²) in [7, 11) is 1.79. The first kappa shape index (κ1) is 21.4. The molecule has 0 radical (unpaired) electrons. The maximum atomic E-state index is 13.0. The van der Waals surface area contributed by atoms with Crippen LogP contribution in [-0.4, -0.2) is 39.3 Å². The number of likely N-dealkylation sites (tertiary alicyclic amines) is 1. The van der Waals surface area contributed by atoms with Crippen LogP contribution < -0.4 is 16.2 Å². The second-order valence-corrected chi connectivity index (χ2v) is 7.98. The molecule has 0 spiro atoms. The van der Waals surface area contributed by atoms with Crippen LogP contribution in [0, 0.1) is 12.8 Å². The highest BCUT2D eigenvalue weighted by Crippen LogP contribution is 2.21. The summed E-state index contributed by atoms with van der Waals surface area (Å²) >= 11 is 0. The fraction of sp³-hybridized carbons (Fsp3) is 0.292. The van der Waals surface area contributed by atoms with Gasteiger partial charge in [-0.05, 0) is 44.0 Å². The van der Waals surface area contributed by atoms with E-state index in [-0.39, 0.29) is 23.4 Å². The second kappa shape index (κ2) is 9.13. The summed E-state index contributed by atoms with van der Waals surface area (Å²) in [6.45, 7) is 2.78. The van der Waals surface area contributed by atoms with Gasteiger partial charge in [0.1, 0.15) is 5.69 Å². The molecule has 2 heterocycles. The molecule has 4 rings (SSSR count). The van der Waals surface area contributed by atoms with Crippen LogP contribution in [-0.2, 0) is 11.8 Å². The third-order valence-corrected chi connectivity index (χ3v) is 5.98. The van der Waals surface area contributed by atoms with Crippen molar-refractivity contribution < 1.29 is 9.59 Å². The highest BCUT2D eigenvalue weighted by Gasteiger charge is 2.29. The molecule has 1 aliphatic rings. The number of piperidine rings is 1. The monoisotopic (exact) mass is 433 g/mol. The number of aromatic nitrogens is 2. The van der Waals surface area contributed by atoms with Gasteiger partial charge in [0.05, 0.1) is 11.4 Å². The largest absolute Gasteiger partial charge is 0.324 e. The Bertz CT molecular complexity index is 1160. The molecule has 2 N–H and O–H groups in total. The van der Waals surface area contributed by atoms with Crippen LogP contribution in [0.5, 0.6) is 0 Å². The van der Waals surface area contributed by atoms with Crippen molar-refractivity contribution in [3.8, 4) is 5.69 Å². The van der Waals surface area contributed by atoms with Crippen LogP contribution >= 0.6 is 0 Å². The van der Waals surface area contributed by atoms with Gasteiger partial charge in [0.15, 0.2) is 0 Å². The molecule has 2 aromatic carbocycles. The third kappa shape index (κ3) is 4.30. The summed E-state index contributed by atoms with van der Waals surface area (Å²) in [5.41, 5.74) is 2.20. The van der Waals surface area contributed by atoms with Gasteiger partial charge in [-0.15, -0.1) is 0 Å². The number of rotatable bonds is 4. The van der Waals surface area contributed by atoms with E-state index < -0.39 is 0 Å². The van der Waals surface area contributed by atoms with E-state index in [1.807, 2.05) is 67.6 Å². The molecule has 0 aliphatic carbocycles. The van der Waals surface area contributed by atoms with Crippen molar-refractivity contribution in [2.24, 2.45) is 13.0 Å². The first-order valence-corrected chi connectivity index (χ1v) is 10.7. The topological polar surface area (TPSA) is 88.4 Å². The van der Waals surface area contributed by atoms with Crippen LogP contribution in [0.1, 0.15) is 18.5 Å². The van der Waals surface area contributed by atoms with Crippen molar-refractivity contribution in [2.45, 2.75) is 19.8 Å². The number of carbonyl (C=O) groups excluding carboxylic acids is 2. The van der Waals surface area contributed by atoms with Crippen molar-refractivity contribution in [2.75, 3.05) is 23.7 Å². The molecule has 0 bridgehead atoms. The Morgan fingerprint density at radius 2 is 1.50 bits per heavy atom. The summed E-state index contributed by atoms with van der Waals surface area (Å²) in [5.74, 6) is -0.431. The lowest BCUT2D eigenvalue weighted by molar-refractivity contribution is -0.121. The minimum Gasteiger partial charge on any atom is -0.324 e. The zero-order valence-corrected chi connectivity index (χ0v) is 18.2. The first-order valence-electron chi connectivity index (χ1n) is 10.7. The number of para-hydroxylation sites is 2. The quantitative estimate of drug-likeness (QED) is 0.661. The molecular weight excluding hydrogens is 406 g/mol. The summed E-state index contributed by atoms with van der Waals surface area (Å²) in [4.78, 5) is 40.1. The molecule has 1 aromatic heterocycles. The molecule has 8 heteroatoms. The number of amides is 3. The summed E-state index contributed by atoms with van der Waals surface area (Å²) in [5, 5.41) is 5.73. The molecular formula is C24H27N5O3. The van der Waals surface area contributed by atoms with Crippen LogP contribution in [0.2, 0.25) is 0 Å². The Morgan fingerprint density at radius 3 is 2.12 bits per heavy atom. The number of urea groups is 1. The zero-order valence-electron chi connectivity index (χ0n) is 18.2. The molecule has 0 unspecified atom stereocenters. The molecule has 166 valence electrons. The maximum Gasteiger partial charge on any atom is 0.321 e. The smallest absolute Gasteiger partial charge is 0.321 e. The van der Waals surface area contributed by atoms with E-state index in [9.17, 15) is 14.4 Å². The van der Waals surface area contributed by atoms with E-state index in [2.05, 4.69) is 10.6 Å². The molecule has 1 fully saturated rings. The van der Waals surface area contributed by atoms with Gasteiger partial charge in [0.25, 0.3) is 5.56 Å². The Balaban J connectivity index is 1.40. The lowest BCUT2D eigenvalue weighted by Crippen LogP contribution is -2.43. The lowest BCUT2D eigenvalue weighted by atomic mass is 9.96. The van der Waals surface area contributed by atoms with Crippen LogP contribution in [0.15, 0.2) is 65.5 Å². The van der Waals surface area contributed by atoms with Crippen molar-refractivity contribution in [1.82, 2.24) is 14.3 Å². The minimum atomic E-state index is -0.260. The van der Waals surface area contributed by atoms with Gasteiger partial charge < -0.3 is 15.5 Å². The Kier molecular flexibility index (Phi) is 6.11. The highest BCUT2D eigenvalue weighted by molar-refractivity contribution is 5.93. The normalized spacial score (nSPS) is 14.2. The molecule has 1 saturated heterocycles. The number of hydrogen-bond donors (Lipinski definition) is 2. The summed E-state index contributed by atoms with van der Waals surface area (Å²) in [6.07, 6.45) is 1.10. The molecule has 1 aliphatic heterocycles. The van der Waals surface area contributed by atoms with Gasteiger partial charge in [-0.1, -0.05) is 36.4 Å². The summed E-state index contributed by atoms with van der Waals surface area (Å²) in [6, 6.07) is 18.4. The number of benzene rings is 2. The average Bonchev–Trinajstić information content (AvgIpc) is 3.03. The first-order chi connectivity index (χ1) is 15.5. The number of nitrogens with zero attached hydrogens (tertiary/aromatic N) is 3. The van der Waals surface area contributed by atoms with Crippen molar-refractivity contribution in [3.63, 3.8) is 0 Å². The minimum absolute atomic E-state index is 0.167. The third-order valence-electron chi connectivity index (χ3n) is 5.98. The van der Waals surface area contributed by atoms with Crippen LogP contribution in [0.25, 0.3) is 5.69 Å². The van der Waals surface area contributed by atoms with Crippen LogP contribution in [0.4, 0.5) is 16.2 Å². The van der Waals surface area contributed by atoms with E-state index in [1.54, 1.807) is 21.3 Å². The number of carbonyl (C=O) groups is 2. The van der Waals surface area contributed by atoms with Crippen molar-refractivity contribution >= 4 is 23.3 Å². The Labute approximate surface area is 186 Å². The summed E-state index contributed by atoms with van der Waals surface area (Å²) < 4.78 is 3.28. The predicted molar refractivity (Wildman–Crippen MR) is 124 cm³/mol. The standard InChI is InChI=1S/C24H27N5O3/c1-17-21(23(31)29(27(17)2)20-11-7-4-8-12-20)26-22(30)18-13-15-28(16-14-18)24(32)25-19-9-5-3-6-10-19/h3-12,18H,13-16H2,1-2H3,(H,25,32)(H,26,30). The Morgan fingerprint density at radius 1 is 0.906 bits per heavy atom. The zero-order chi connectivity index (χ0) is 22.7. The van der Waals surface area contributed by atoms with Gasteiger partial charge in [-0.3, -0.25) is 14.3 Å². The molecule has 0 saturated carbocycles. The molecule has 3 aromatic rings. The van der Waals surface area contributed by atoms with Gasteiger partial charge in [-0.2, -0.15) is 0 Å².